The summed E-state index contributed by atoms with van der Waals surface area (Å²) in [6.07, 6.45) is 5.30. The Bertz CT molecular complexity index is 855. The molecule has 1 aromatic heterocycles. The summed E-state index contributed by atoms with van der Waals surface area (Å²) < 4.78 is 0. The molecule has 1 N–H and O–H groups in total. The third-order valence-corrected chi connectivity index (χ3v) is 5.37. The number of likely N-dealkylation sites (tertiary alicyclic amines) is 1. The van der Waals surface area contributed by atoms with E-state index in [1.165, 1.54) is 4.90 Å². The molecule has 1 aromatic carbocycles. The van der Waals surface area contributed by atoms with Crippen molar-refractivity contribution >= 4 is 34.3 Å². The Kier molecular flexibility index (Phi) is 4.41. The molecule has 6 nitrogen and oxygen atoms in total. The van der Waals surface area contributed by atoms with Crippen LogP contribution in [0.3, 0.4) is 0 Å². The number of carbonyl (C=O) groups excluding carboxylic acids is 3. The first-order valence-electron chi connectivity index (χ1n) is 9.13. The van der Waals surface area contributed by atoms with E-state index in [0.717, 1.165) is 36.6 Å². The van der Waals surface area contributed by atoms with Gasteiger partial charge in [0, 0.05) is 18.4 Å². The van der Waals surface area contributed by atoms with Crippen molar-refractivity contribution in [3.8, 4) is 0 Å². The predicted molar refractivity (Wildman–Crippen MR) is 97.2 cm³/mol. The minimum atomic E-state index is -0.224. The topological polar surface area (TPSA) is 79.4 Å². The van der Waals surface area contributed by atoms with E-state index >= 15 is 0 Å². The predicted octanol–water partition coefficient (Wildman–Crippen LogP) is 2.74. The molecule has 2 aliphatic rings. The van der Waals surface area contributed by atoms with Gasteiger partial charge >= 0.3 is 0 Å². The van der Waals surface area contributed by atoms with Crippen LogP contribution >= 0.6 is 0 Å². The lowest BCUT2D eigenvalue weighted by atomic mass is 9.81. The first-order valence-corrected chi connectivity index (χ1v) is 9.13. The minimum absolute atomic E-state index is 0.0973. The van der Waals surface area contributed by atoms with Gasteiger partial charge in [-0.25, -0.2) is 0 Å². The summed E-state index contributed by atoms with van der Waals surface area (Å²) in [4.78, 5) is 42.7. The van der Waals surface area contributed by atoms with E-state index in [2.05, 4.69) is 10.3 Å². The zero-order valence-electron chi connectivity index (χ0n) is 14.5. The number of nitrogens with zero attached hydrogens (tertiary/aromatic N) is 2. The Labute approximate surface area is 151 Å². The lowest BCUT2D eigenvalue weighted by Gasteiger charge is -2.19. The number of hydrogen-bond acceptors (Lipinski definition) is 4. The van der Waals surface area contributed by atoms with E-state index < -0.39 is 0 Å². The summed E-state index contributed by atoms with van der Waals surface area (Å²) in [6, 6.07) is 9.53. The van der Waals surface area contributed by atoms with E-state index in [4.69, 9.17) is 0 Å². The maximum absolute atomic E-state index is 12.4. The molecule has 2 fully saturated rings. The fourth-order valence-corrected chi connectivity index (χ4v) is 4.03. The summed E-state index contributed by atoms with van der Waals surface area (Å²) in [7, 11) is 0. The highest BCUT2D eigenvalue weighted by Crippen LogP contribution is 2.37. The zero-order valence-corrected chi connectivity index (χ0v) is 14.5. The number of nitrogens with one attached hydrogen (secondary N) is 1. The van der Waals surface area contributed by atoms with E-state index in [9.17, 15) is 14.4 Å². The molecule has 0 bridgehead atoms. The minimum Gasteiger partial charge on any atom is -0.325 e. The Balaban J connectivity index is 1.37. The van der Waals surface area contributed by atoms with Crippen molar-refractivity contribution in [2.75, 3.05) is 11.9 Å². The molecule has 134 valence electrons. The van der Waals surface area contributed by atoms with Gasteiger partial charge in [-0.1, -0.05) is 31.0 Å². The van der Waals surface area contributed by atoms with Crippen LogP contribution in [0.2, 0.25) is 0 Å². The average molecular weight is 351 g/mol. The number of benzene rings is 1. The molecule has 3 amide bonds. The zero-order chi connectivity index (χ0) is 18.1. The molecule has 2 atom stereocenters. The summed E-state index contributed by atoms with van der Waals surface area (Å²) in [5, 5.41) is 3.74. The van der Waals surface area contributed by atoms with Gasteiger partial charge < -0.3 is 5.32 Å². The van der Waals surface area contributed by atoms with Gasteiger partial charge in [-0.3, -0.25) is 24.3 Å². The molecule has 0 unspecified atom stereocenters. The highest BCUT2D eigenvalue weighted by molar-refractivity contribution is 6.05. The molecule has 0 radical (unpaired) electrons. The van der Waals surface area contributed by atoms with E-state index in [1.54, 1.807) is 6.20 Å². The third-order valence-electron chi connectivity index (χ3n) is 5.37. The molecular weight excluding hydrogens is 330 g/mol. The first kappa shape index (κ1) is 16.7. The smallest absolute Gasteiger partial charge is 0.233 e. The molecule has 26 heavy (non-hydrogen) atoms. The maximum Gasteiger partial charge on any atom is 0.233 e. The standard InChI is InChI=1S/C20H21N3O3/c24-18(22-14-11-13-5-1-4-8-17(13)21-12-14)9-10-23-19(25)15-6-2-3-7-16(15)20(23)26/h1,4-5,8,11-12,15-16H,2-3,6-7,9-10H2,(H,22,24)/t15-,16-/m1/s1. The molecule has 6 heteroatoms. The van der Waals surface area contributed by atoms with Crippen molar-refractivity contribution in [2.24, 2.45) is 11.8 Å². The van der Waals surface area contributed by atoms with Gasteiger partial charge in [0.1, 0.15) is 0 Å². The van der Waals surface area contributed by atoms with E-state index in [0.29, 0.717) is 5.69 Å². The monoisotopic (exact) mass is 351 g/mol. The summed E-state index contributed by atoms with van der Waals surface area (Å²) in [5.41, 5.74) is 1.47. The van der Waals surface area contributed by atoms with Crippen LogP contribution in [0.1, 0.15) is 32.1 Å². The van der Waals surface area contributed by atoms with Gasteiger partial charge in [0.15, 0.2) is 0 Å². The largest absolute Gasteiger partial charge is 0.325 e. The highest BCUT2D eigenvalue weighted by atomic mass is 16.2. The third kappa shape index (κ3) is 3.07. The van der Waals surface area contributed by atoms with Gasteiger partial charge in [0.05, 0.1) is 29.2 Å². The van der Waals surface area contributed by atoms with Crippen LogP contribution in [0.25, 0.3) is 10.9 Å². The number of anilines is 1. The number of hydrogen-bond donors (Lipinski definition) is 1. The normalized spacial score (nSPS) is 22.5. The van der Waals surface area contributed by atoms with Crippen LogP contribution in [0.4, 0.5) is 5.69 Å². The van der Waals surface area contributed by atoms with Crippen LogP contribution in [-0.4, -0.2) is 34.2 Å². The second kappa shape index (κ2) is 6.86. The van der Waals surface area contributed by atoms with Crippen molar-refractivity contribution < 1.29 is 14.4 Å². The van der Waals surface area contributed by atoms with Crippen LogP contribution in [0.15, 0.2) is 36.5 Å². The first-order chi connectivity index (χ1) is 12.6. The molecule has 4 rings (SSSR count). The van der Waals surface area contributed by atoms with Crippen molar-refractivity contribution in [3.63, 3.8) is 0 Å². The highest BCUT2D eigenvalue weighted by Gasteiger charge is 2.47. The van der Waals surface area contributed by atoms with Crippen molar-refractivity contribution in [1.82, 2.24) is 9.88 Å². The van der Waals surface area contributed by atoms with E-state index in [-0.39, 0.29) is 42.5 Å². The Morgan fingerprint density at radius 2 is 1.81 bits per heavy atom. The van der Waals surface area contributed by atoms with Crippen molar-refractivity contribution in [1.29, 1.82) is 0 Å². The fourth-order valence-electron chi connectivity index (χ4n) is 4.03. The molecule has 1 saturated carbocycles. The van der Waals surface area contributed by atoms with Gasteiger partial charge in [0.2, 0.25) is 17.7 Å². The number of fused-ring (bicyclic) bond motifs is 2. The van der Waals surface area contributed by atoms with Gasteiger partial charge in [-0.2, -0.15) is 0 Å². The number of imide groups is 1. The molecular formula is C20H21N3O3. The number of aromatic nitrogens is 1. The molecule has 1 aliphatic carbocycles. The molecule has 0 spiro atoms. The van der Waals surface area contributed by atoms with Crippen LogP contribution in [0.5, 0.6) is 0 Å². The van der Waals surface area contributed by atoms with Crippen LogP contribution in [-0.2, 0) is 14.4 Å². The van der Waals surface area contributed by atoms with Gasteiger partial charge in [0.25, 0.3) is 0 Å². The molecule has 2 aromatic rings. The number of carbonyl (C=O) groups is 3. The van der Waals surface area contributed by atoms with Crippen LogP contribution < -0.4 is 5.32 Å². The Hall–Kier alpha value is -2.76. The average Bonchev–Trinajstić information content (AvgIpc) is 2.91. The Morgan fingerprint density at radius 1 is 1.12 bits per heavy atom. The summed E-state index contributed by atoms with van der Waals surface area (Å²) in [5.74, 6) is -0.745. The summed E-state index contributed by atoms with van der Waals surface area (Å²) in [6.45, 7) is 0.150. The summed E-state index contributed by atoms with van der Waals surface area (Å²) >= 11 is 0. The quantitative estimate of drug-likeness (QED) is 0.859. The molecule has 1 saturated heterocycles. The lowest BCUT2D eigenvalue weighted by molar-refractivity contribution is -0.140. The van der Waals surface area contributed by atoms with Crippen molar-refractivity contribution in [3.05, 3.63) is 36.5 Å². The molecule has 1 aliphatic heterocycles. The fraction of sp³-hybridized carbons (Fsp3) is 0.400. The maximum atomic E-state index is 12.4. The van der Waals surface area contributed by atoms with Gasteiger partial charge in [-0.05, 0) is 25.0 Å². The van der Waals surface area contributed by atoms with Gasteiger partial charge in [-0.15, -0.1) is 0 Å². The number of pyridine rings is 1. The second-order valence-corrected chi connectivity index (χ2v) is 7.04. The van der Waals surface area contributed by atoms with Crippen molar-refractivity contribution in [2.45, 2.75) is 32.1 Å². The van der Waals surface area contributed by atoms with Crippen LogP contribution in [0, 0.1) is 11.8 Å². The Morgan fingerprint density at radius 3 is 2.54 bits per heavy atom. The molecule has 2 heterocycles. The SMILES string of the molecule is O=C(CCN1C(=O)[C@@H]2CCCC[C@H]2C1=O)Nc1cnc2ccccc2c1. The number of rotatable bonds is 4. The lowest BCUT2D eigenvalue weighted by Crippen LogP contribution is -2.34. The van der Waals surface area contributed by atoms with E-state index in [1.807, 2.05) is 30.3 Å². The number of amides is 3. The second-order valence-electron chi connectivity index (χ2n) is 7.04. The number of para-hydroxylation sites is 1.